The lowest BCUT2D eigenvalue weighted by Crippen LogP contribution is -2.30. The lowest BCUT2D eigenvalue weighted by molar-refractivity contribution is 0.0772. The summed E-state index contributed by atoms with van der Waals surface area (Å²) in [5.41, 5.74) is 1.60. The standard InChI is InChI=1S/C18H19ClN2O2/c1-3-21(4-2)18(23)14-8-6-10-16(12-14)20-17(22)13-7-5-9-15(19)11-13/h5-12H,3-4H2,1-2H3,(H,20,22). The Hall–Kier alpha value is -2.33. The van der Waals surface area contributed by atoms with Crippen LogP contribution >= 0.6 is 11.6 Å². The molecule has 0 bridgehead atoms. The van der Waals surface area contributed by atoms with E-state index in [1.807, 2.05) is 13.8 Å². The maximum absolute atomic E-state index is 12.4. The fraction of sp³-hybridized carbons (Fsp3) is 0.222. The van der Waals surface area contributed by atoms with Crippen molar-refractivity contribution in [2.24, 2.45) is 0 Å². The number of hydrogen-bond donors (Lipinski definition) is 1. The molecule has 0 unspecified atom stereocenters. The Bertz CT molecular complexity index is 712. The summed E-state index contributed by atoms with van der Waals surface area (Å²) in [5.74, 6) is -0.311. The van der Waals surface area contributed by atoms with Gasteiger partial charge in [-0.1, -0.05) is 23.7 Å². The predicted octanol–water partition coefficient (Wildman–Crippen LogP) is 4.07. The number of carbonyl (C=O) groups is 2. The highest BCUT2D eigenvalue weighted by Gasteiger charge is 2.13. The van der Waals surface area contributed by atoms with Crippen molar-refractivity contribution in [2.75, 3.05) is 18.4 Å². The van der Waals surface area contributed by atoms with Crippen LogP contribution in [0.3, 0.4) is 0 Å². The highest BCUT2D eigenvalue weighted by Crippen LogP contribution is 2.16. The van der Waals surface area contributed by atoms with Gasteiger partial charge in [0.15, 0.2) is 0 Å². The van der Waals surface area contributed by atoms with E-state index in [0.717, 1.165) is 0 Å². The third kappa shape index (κ3) is 4.33. The zero-order valence-electron chi connectivity index (χ0n) is 13.2. The monoisotopic (exact) mass is 330 g/mol. The summed E-state index contributed by atoms with van der Waals surface area (Å²) >= 11 is 5.90. The first-order valence-corrected chi connectivity index (χ1v) is 7.89. The molecule has 120 valence electrons. The number of halogens is 1. The molecule has 0 fully saturated rings. The molecule has 0 aliphatic rings. The van der Waals surface area contributed by atoms with Crippen LogP contribution in [0.1, 0.15) is 34.6 Å². The van der Waals surface area contributed by atoms with Gasteiger partial charge < -0.3 is 10.2 Å². The number of nitrogens with zero attached hydrogens (tertiary/aromatic N) is 1. The van der Waals surface area contributed by atoms with Crippen LogP contribution in [-0.2, 0) is 0 Å². The lowest BCUT2D eigenvalue weighted by Gasteiger charge is -2.19. The normalized spacial score (nSPS) is 10.2. The summed E-state index contributed by atoms with van der Waals surface area (Å²) in [4.78, 5) is 26.3. The molecule has 2 aromatic rings. The molecule has 0 saturated carbocycles. The van der Waals surface area contributed by atoms with Crippen LogP contribution in [0.15, 0.2) is 48.5 Å². The molecular weight excluding hydrogens is 312 g/mol. The largest absolute Gasteiger partial charge is 0.339 e. The van der Waals surface area contributed by atoms with Gasteiger partial charge in [0, 0.05) is 34.9 Å². The van der Waals surface area contributed by atoms with Gasteiger partial charge >= 0.3 is 0 Å². The molecule has 23 heavy (non-hydrogen) atoms. The summed E-state index contributed by atoms with van der Waals surface area (Å²) in [6, 6.07) is 13.7. The van der Waals surface area contributed by atoms with Crippen molar-refractivity contribution in [3.63, 3.8) is 0 Å². The topological polar surface area (TPSA) is 49.4 Å². The molecule has 2 amide bonds. The molecule has 0 aliphatic heterocycles. The molecule has 4 nitrogen and oxygen atoms in total. The van der Waals surface area contributed by atoms with Crippen LogP contribution < -0.4 is 5.32 Å². The summed E-state index contributed by atoms with van der Waals surface area (Å²) in [5, 5.41) is 3.29. The Labute approximate surface area is 141 Å². The van der Waals surface area contributed by atoms with E-state index in [2.05, 4.69) is 5.32 Å². The van der Waals surface area contributed by atoms with Crippen LogP contribution in [0.25, 0.3) is 0 Å². The highest BCUT2D eigenvalue weighted by atomic mass is 35.5. The maximum atomic E-state index is 12.4. The molecule has 0 aromatic heterocycles. The number of nitrogens with one attached hydrogen (secondary N) is 1. The predicted molar refractivity (Wildman–Crippen MR) is 93.1 cm³/mol. The Morgan fingerprint density at radius 3 is 2.30 bits per heavy atom. The number of benzene rings is 2. The van der Waals surface area contributed by atoms with Gasteiger partial charge in [0.25, 0.3) is 11.8 Å². The molecule has 0 aliphatic carbocycles. The van der Waals surface area contributed by atoms with Gasteiger partial charge in [-0.3, -0.25) is 9.59 Å². The Morgan fingerprint density at radius 1 is 1.00 bits per heavy atom. The van der Waals surface area contributed by atoms with E-state index in [-0.39, 0.29) is 11.8 Å². The zero-order chi connectivity index (χ0) is 16.8. The van der Waals surface area contributed by atoms with E-state index in [1.54, 1.807) is 53.4 Å². The SMILES string of the molecule is CCN(CC)C(=O)c1cccc(NC(=O)c2cccc(Cl)c2)c1. The fourth-order valence-electron chi connectivity index (χ4n) is 2.26. The van der Waals surface area contributed by atoms with E-state index in [1.165, 1.54) is 0 Å². The summed E-state index contributed by atoms with van der Waals surface area (Å²) in [6.45, 7) is 5.17. The number of rotatable bonds is 5. The van der Waals surface area contributed by atoms with Gasteiger partial charge in [0.1, 0.15) is 0 Å². The summed E-state index contributed by atoms with van der Waals surface area (Å²) < 4.78 is 0. The quantitative estimate of drug-likeness (QED) is 0.898. The van der Waals surface area contributed by atoms with Crippen LogP contribution in [0.2, 0.25) is 5.02 Å². The second-order valence-corrected chi connectivity index (χ2v) is 5.46. The van der Waals surface area contributed by atoms with Crippen LogP contribution in [-0.4, -0.2) is 29.8 Å². The van der Waals surface area contributed by atoms with E-state index in [4.69, 9.17) is 11.6 Å². The van der Waals surface area contributed by atoms with Crippen molar-refractivity contribution in [1.29, 1.82) is 0 Å². The van der Waals surface area contributed by atoms with Crippen molar-refractivity contribution in [3.05, 3.63) is 64.7 Å². The van der Waals surface area contributed by atoms with E-state index >= 15 is 0 Å². The van der Waals surface area contributed by atoms with Crippen LogP contribution in [0.4, 0.5) is 5.69 Å². The molecule has 0 spiro atoms. The lowest BCUT2D eigenvalue weighted by atomic mass is 10.1. The minimum Gasteiger partial charge on any atom is -0.339 e. The van der Waals surface area contributed by atoms with Gasteiger partial charge in [-0.25, -0.2) is 0 Å². The number of amides is 2. The van der Waals surface area contributed by atoms with Gasteiger partial charge in [0.05, 0.1) is 0 Å². The van der Waals surface area contributed by atoms with Crippen molar-refractivity contribution >= 4 is 29.1 Å². The van der Waals surface area contributed by atoms with E-state index < -0.39 is 0 Å². The molecule has 0 heterocycles. The second-order valence-electron chi connectivity index (χ2n) is 5.02. The Kier molecular flexibility index (Phi) is 5.77. The maximum Gasteiger partial charge on any atom is 0.255 e. The van der Waals surface area contributed by atoms with Crippen molar-refractivity contribution in [2.45, 2.75) is 13.8 Å². The molecule has 1 N–H and O–H groups in total. The van der Waals surface area contributed by atoms with Gasteiger partial charge in [-0.05, 0) is 50.2 Å². The first-order chi connectivity index (χ1) is 11.0. The van der Waals surface area contributed by atoms with Crippen molar-refractivity contribution in [1.82, 2.24) is 4.90 Å². The molecule has 0 radical (unpaired) electrons. The third-order valence-electron chi connectivity index (χ3n) is 3.50. The smallest absolute Gasteiger partial charge is 0.255 e. The van der Waals surface area contributed by atoms with Crippen molar-refractivity contribution in [3.8, 4) is 0 Å². The molecule has 0 saturated heterocycles. The fourth-order valence-corrected chi connectivity index (χ4v) is 2.45. The van der Waals surface area contributed by atoms with Gasteiger partial charge in [0.2, 0.25) is 0 Å². The third-order valence-corrected chi connectivity index (χ3v) is 3.74. The highest BCUT2D eigenvalue weighted by molar-refractivity contribution is 6.31. The Morgan fingerprint density at radius 2 is 1.65 bits per heavy atom. The number of carbonyl (C=O) groups excluding carboxylic acids is 2. The van der Waals surface area contributed by atoms with Gasteiger partial charge in [-0.2, -0.15) is 0 Å². The van der Waals surface area contributed by atoms with E-state index in [9.17, 15) is 9.59 Å². The average molecular weight is 331 g/mol. The number of anilines is 1. The van der Waals surface area contributed by atoms with Crippen LogP contribution in [0.5, 0.6) is 0 Å². The first kappa shape index (κ1) is 17.0. The minimum atomic E-state index is -0.264. The minimum absolute atomic E-state index is 0.0474. The number of hydrogen-bond acceptors (Lipinski definition) is 2. The molecule has 2 aromatic carbocycles. The molecular formula is C18H19ClN2O2. The molecule has 0 atom stereocenters. The van der Waals surface area contributed by atoms with E-state index in [0.29, 0.717) is 34.9 Å². The first-order valence-electron chi connectivity index (χ1n) is 7.51. The van der Waals surface area contributed by atoms with Crippen molar-refractivity contribution < 1.29 is 9.59 Å². The zero-order valence-corrected chi connectivity index (χ0v) is 13.9. The average Bonchev–Trinajstić information content (AvgIpc) is 2.56. The second kappa shape index (κ2) is 7.79. The summed E-state index contributed by atoms with van der Waals surface area (Å²) in [7, 11) is 0. The summed E-state index contributed by atoms with van der Waals surface area (Å²) in [6.07, 6.45) is 0. The molecule has 2 rings (SSSR count). The van der Waals surface area contributed by atoms with Gasteiger partial charge in [-0.15, -0.1) is 0 Å². The molecule has 5 heteroatoms. The Balaban J connectivity index is 2.17. The van der Waals surface area contributed by atoms with Crippen LogP contribution in [0, 0.1) is 0 Å².